The van der Waals surface area contributed by atoms with Gasteiger partial charge in [-0.2, -0.15) is 5.10 Å². The lowest BCUT2D eigenvalue weighted by Gasteiger charge is -2.12. The first-order chi connectivity index (χ1) is 14.8. The van der Waals surface area contributed by atoms with E-state index in [4.69, 9.17) is 4.74 Å². The molecule has 0 bridgehead atoms. The molecule has 160 valence electrons. The summed E-state index contributed by atoms with van der Waals surface area (Å²) in [6, 6.07) is 12.4. The molecular weight excluding hydrogens is 403 g/mol. The predicted molar refractivity (Wildman–Crippen MR) is 112 cm³/mol. The van der Waals surface area contributed by atoms with Crippen LogP contribution >= 0.6 is 0 Å². The van der Waals surface area contributed by atoms with E-state index < -0.39 is 28.8 Å². The minimum Gasteiger partial charge on any atom is -0.484 e. The summed E-state index contributed by atoms with van der Waals surface area (Å²) in [4.78, 5) is 36.5. The number of benzene rings is 2. The fourth-order valence-corrected chi connectivity index (χ4v) is 2.75. The normalized spacial score (nSPS) is 10.5. The van der Waals surface area contributed by atoms with Crippen LogP contribution in [0.3, 0.4) is 0 Å². The van der Waals surface area contributed by atoms with Crippen molar-refractivity contribution in [2.45, 2.75) is 20.8 Å². The van der Waals surface area contributed by atoms with Gasteiger partial charge in [0.2, 0.25) is 5.43 Å². The minimum atomic E-state index is -0.936. The lowest BCUT2D eigenvalue weighted by Crippen LogP contribution is -2.45. The van der Waals surface area contributed by atoms with Crippen molar-refractivity contribution in [2.75, 3.05) is 6.61 Å². The highest BCUT2D eigenvalue weighted by Gasteiger charge is 2.17. The molecule has 9 heteroatoms. The third-order valence-corrected chi connectivity index (χ3v) is 4.57. The quantitative estimate of drug-likeness (QED) is 0.611. The van der Waals surface area contributed by atoms with Crippen LogP contribution in [0.25, 0.3) is 5.69 Å². The maximum atomic E-state index is 14.1. The zero-order valence-electron chi connectivity index (χ0n) is 17.2. The van der Waals surface area contributed by atoms with Gasteiger partial charge in [-0.05, 0) is 56.2 Å². The van der Waals surface area contributed by atoms with Gasteiger partial charge in [0.15, 0.2) is 12.3 Å². The largest absolute Gasteiger partial charge is 0.484 e. The van der Waals surface area contributed by atoms with E-state index in [2.05, 4.69) is 16.0 Å². The SMILES string of the molecule is Cc1ccc(OCC(=O)NNC(=O)c2nn(-c3ccccc3F)c(C)cc2=O)cc1C. The molecule has 0 saturated carbocycles. The van der Waals surface area contributed by atoms with Crippen molar-refractivity contribution >= 4 is 11.8 Å². The Morgan fingerprint density at radius 2 is 1.77 bits per heavy atom. The summed E-state index contributed by atoms with van der Waals surface area (Å²) >= 11 is 0. The highest BCUT2D eigenvalue weighted by molar-refractivity contribution is 5.93. The first kappa shape index (κ1) is 21.7. The smallest absolute Gasteiger partial charge is 0.294 e. The molecule has 0 aliphatic rings. The first-order valence-electron chi connectivity index (χ1n) is 9.41. The Bertz CT molecular complexity index is 1210. The molecule has 0 saturated heterocycles. The highest BCUT2D eigenvalue weighted by atomic mass is 19.1. The Kier molecular flexibility index (Phi) is 6.44. The third kappa shape index (κ3) is 5.13. The number of amides is 2. The van der Waals surface area contributed by atoms with Crippen LogP contribution in [0.2, 0.25) is 0 Å². The molecule has 2 amide bonds. The third-order valence-electron chi connectivity index (χ3n) is 4.57. The van der Waals surface area contributed by atoms with Crippen LogP contribution in [0.5, 0.6) is 5.75 Å². The Morgan fingerprint density at radius 3 is 2.48 bits per heavy atom. The second-order valence-electron chi connectivity index (χ2n) is 6.90. The average molecular weight is 424 g/mol. The molecule has 0 atom stereocenters. The molecule has 0 unspecified atom stereocenters. The zero-order chi connectivity index (χ0) is 22.5. The second kappa shape index (κ2) is 9.21. The summed E-state index contributed by atoms with van der Waals surface area (Å²) in [7, 11) is 0. The summed E-state index contributed by atoms with van der Waals surface area (Å²) in [5.74, 6) is -1.62. The fourth-order valence-electron chi connectivity index (χ4n) is 2.75. The average Bonchev–Trinajstić information content (AvgIpc) is 2.73. The van der Waals surface area contributed by atoms with Gasteiger partial charge in [-0.15, -0.1) is 0 Å². The van der Waals surface area contributed by atoms with Crippen molar-refractivity contribution in [1.82, 2.24) is 20.6 Å². The molecular formula is C22H21FN4O4. The zero-order valence-corrected chi connectivity index (χ0v) is 17.2. The molecule has 3 rings (SSSR count). The number of aromatic nitrogens is 2. The maximum Gasteiger partial charge on any atom is 0.294 e. The van der Waals surface area contributed by atoms with E-state index in [1.54, 1.807) is 25.1 Å². The second-order valence-corrected chi connectivity index (χ2v) is 6.90. The number of nitrogens with one attached hydrogen (secondary N) is 2. The van der Waals surface area contributed by atoms with Gasteiger partial charge in [0.1, 0.15) is 17.3 Å². The maximum absolute atomic E-state index is 14.1. The summed E-state index contributed by atoms with van der Waals surface area (Å²) in [5, 5.41) is 3.96. The number of hydrazine groups is 1. The minimum absolute atomic E-state index is 0.0832. The van der Waals surface area contributed by atoms with Gasteiger partial charge in [-0.3, -0.25) is 25.2 Å². The molecule has 0 aliphatic heterocycles. The van der Waals surface area contributed by atoms with E-state index in [9.17, 15) is 18.8 Å². The van der Waals surface area contributed by atoms with Crippen LogP contribution in [0.4, 0.5) is 4.39 Å². The van der Waals surface area contributed by atoms with Crippen LogP contribution in [-0.4, -0.2) is 28.2 Å². The van der Waals surface area contributed by atoms with Crippen LogP contribution < -0.4 is 21.0 Å². The molecule has 3 aromatic rings. The van der Waals surface area contributed by atoms with Gasteiger partial charge in [0, 0.05) is 11.8 Å². The van der Waals surface area contributed by atoms with Crippen molar-refractivity contribution in [3.8, 4) is 11.4 Å². The van der Waals surface area contributed by atoms with E-state index in [-0.39, 0.29) is 12.3 Å². The van der Waals surface area contributed by atoms with Crippen LogP contribution in [0, 0.1) is 26.6 Å². The van der Waals surface area contributed by atoms with Gasteiger partial charge in [-0.25, -0.2) is 9.07 Å². The van der Waals surface area contributed by atoms with Gasteiger partial charge < -0.3 is 4.74 Å². The van der Waals surface area contributed by atoms with Gasteiger partial charge >= 0.3 is 0 Å². The lowest BCUT2D eigenvalue weighted by molar-refractivity contribution is -0.123. The molecule has 1 aromatic heterocycles. The summed E-state index contributed by atoms with van der Waals surface area (Å²) < 4.78 is 20.6. The summed E-state index contributed by atoms with van der Waals surface area (Å²) in [6.45, 7) is 5.10. The topological polar surface area (TPSA) is 102 Å². The van der Waals surface area contributed by atoms with Crippen molar-refractivity contribution < 1.29 is 18.7 Å². The Labute approximate surface area is 177 Å². The summed E-state index contributed by atoms with van der Waals surface area (Å²) in [5.41, 5.74) is 5.66. The molecule has 0 aliphatic carbocycles. The number of ether oxygens (including phenoxy) is 1. The van der Waals surface area contributed by atoms with Gasteiger partial charge in [0.25, 0.3) is 11.8 Å². The summed E-state index contributed by atoms with van der Waals surface area (Å²) in [6.07, 6.45) is 0. The van der Waals surface area contributed by atoms with Crippen LogP contribution in [0.15, 0.2) is 53.3 Å². The van der Waals surface area contributed by atoms with Crippen molar-refractivity contribution in [3.05, 3.63) is 87.1 Å². The molecule has 2 aromatic carbocycles. The van der Waals surface area contributed by atoms with Crippen LogP contribution in [0.1, 0.15) is 27.3 Å². The number of halogens is 1. The number of aryl methyl sites for hydroxylation is 3. The molecule has 1 heterocycles. The number of carbonyl (C=O) groups excluding carboxylic acids is 2. The molecule has 31 heavy (non-hydrogen) atoms. The highest BCUT2D eigenvalue weighted by Crippen LogP contribution is 2.16. The van der Waals surface area contributed by atoms with Gasteiger partial charge in [0.05, 0.1) is 0 Å². The molecule has 0 fully saturated rings. The number of hydrogen-bond acceptors (Lipinski definition) is 5. The van der Waals surface area contributed by atoms with Crippen molar-refractivity contribution in [1.29, 1.82) is 0 Å². The molecule has 0 spiro atoms. The number of carbonyl (C=O) groups is 2. The lowest BCUT2D eigenvalue weighted by atomic mass is 10.1. The van der Waals surface area contributed by atoms with E-state index in [0.717, 1.165) is 15.8 Å². The Balaban J connectivity index is 1.67. The van der Waals surface area contributed by atoms with E-state index in [0.29, 0.717) is 11.4 Å². The number of para-hydroxylation sites is 1. The van der Waals surface area contributed by atoms with Crippen molar-refractivity contribution in [2.24, 2.45) is 0 Å². The van der Waals surface area contributed by atoms with E-state index in [1.807, 2.05) is 19.9 Å². The monoisotopic (exact) mass is 424 g/mol. The van der Waals surface area contributed by atoms with Crippen LogP contribution in [-0.2, 0) is 4.79 Å². The Morgan fingerprint density at radius 1 is 1.03 bits per heavy atom. The fraction of sp³-hybridized carbons (Fsp3) is 0.182. The Hall–Kier alpha value is -4.01. The first-order valence-corrected chi connectivity index (χ1v) is 9.41. The van der Waals surface area contributed by atoms with E-state index in [1.165, 1.54) is 24.3 Å². The molecule has 8 nitrogen and oxygen atoms in total. The van der Waals surface area contributed by atoms with E-state index >= 15 is 0 Å². The van der Waals surface area contributed by atoms with Gasteiger partial charge in [-0.1, -0.05) is 18.2 Å². The standard InChI is InChI=1S/C22H21FN4O4/c1-13-8-9-16(10-14(13)2)31-12-20(29)24-25-22(30)21-19(28)11-15(3)27(26-21)18-7-5-4-6-17(18)23/h4-11H,12H2,1-3H3,(H,24,29)(H,25,30). The molecule has 0 radical (unpaired) electrons. The number of hydrogen-bond donors (Lipinski definition) is 2. The number of nitrogens with zero attached hydrogens (tertiary/aromatic N) is 2. The molecule has 2 N–H and O–H groups in total. The van der Waals surface area contributed by atoms with Crippen molar-refractivity contribution in [3.63, 3.8) is 0 Å². The predicted octanol–water partition coefficient (Wildman–Crippen LogP) is 2.14. The number of rotatable bonds is 5.